The molecule has 1 aromatic heterocycles. The Balaban J connectivity index is 2.50. The third-order valence-corrected chi connectivity index (χ3v) is 2.41. The van der Waals surface area contributed by atoms with E-state index in [1.165, 1.54) is 11.3 Å². The highest BCUT2D eigenvalue weighted by molar-refractivity contribution is 7.12. The molecule has 0 aliphatic carbocycles. The number of ketones is 2. The van der Waals surface area contributed by atoms with Gasteiger partial charge in [0.25, 0.3) is 0 Å². The van der Waals surface area contributed by atoms with Gasteiger partial charge in [0.1, 0.15) is 6.42 Å². The SMILES string of the molecule is O=C(O)CC(=O)CC(=O)c1cccs1. The van der Waals surface area contributed by atoms with E-state index >= 15 is 0 Å². The molecule has 0 unspecified atom stereocenters. The van der Waals surface area contributed by atoms with Crippen LogP contribution in [0.1, 0.15) is 22.5 Å². The van der Waals surface area contributed by atoms with E-state index in [9.17, 15) is 14.4 Å². The lowest BCUT2D eigenvalue weighted by atomic mass is 10.1. The van der Waals surface area contributed by atoms with E-state index in [-0.39, 0.29) is 12.2 Å². The number of aliphatic carboxylic acids is 1. The maximum atomic E-state index is 11.3. The summed E-state index contributed by atoms with van der Waals surface area (Å²) in [6, 6.07) is 3.32. The Labute approximate surface area is 84.2 Å². The molecule has 0 amide bonds. The van der Waals surface area contributed by atoms with Gasteiger partial charge in [-0.2, -0.15) is 0 Å². The molecule has 0 aromatic carbocycles. The lowest BCUT2D eigenvalue weighted by Gasteiger charge is -1.94. The van der Waals surface area contributed by atoms with Crippen molar-refractivity contribution in [2.24, 2.45) is 0 Å². The minimum absolute atomic E-state index is 0.314. The molecule has 74 valence electrons. The van der Waals surface area contributed by atoms with E-state index in [2.05, 4.69) is 0 Å². The van der Waals surface area contributed by atoms with Gasteiger partial charge in [0, 0.05) is 0 Å². The normalized spacial score (nSPS) is 9.71. The summed E-state index contributed by atoms with van der Waals surface area (Å²) in [5.41, 5.74) is 0. The Hall–Kier alpha value is -1.49. The van der Waals surface area contributed by atoms with Gasteiger partial charge in [-0.1, -0.05) is 6.07 Å². The number of rotatable bonds is 5. The number of hydrogen-bond donors (Lipinski definition) is 1. The van der Waals surface area contributed by atoms with Gasteiger partial charge in [0.2, 0.25) is 0 Å². The molecule has 0 spiro atoms. The zero-order valence-corrected chi connectivity index (χ0v) is 8.04. The highest BCUT2D eigenvalue weighted by Crippen LogP contribution is 2.11. The average Bonchev–Trinajstić information content (AvgIpc) is 2.53. The van der Waals surface area contributed by atoms with Crippen molar-refractivity contribution in [3.05, 3.63) is 22.4 Å². The van der Waals surface area contributed by atoms with Gasteiger partial charge in [-0.05, 0) is 11.4 Å². The molecule has 14 heavy (non-hydrogen) atoms. The molecule has 0 saturated heterocycles. The summed E-state index contributed by atoms with van der Waals surface area (Å²) in [5, 5.41) is 10.0. The third-order valence-electron chi connectivity index (χ3n) is 1.50. The van der Waals surface area contributed by atoms with Crippen LogP contribution in [0.4, 0.5) is 0 Å². The molecule has 0 aliphatic rings. The quantitative estimate of drug-likeness (QED) is 0.591. The first-order valence-electron chi connectivity index (χ1n) is 3.90. The minimum Gasteiger partial charge on any atom is -0.481 e. The van der Waals surface area contributed by atoms with Gasteiger partial charge in [0.15, 0.2) is 11.6 Å². The van der Waals surface area contributed by atoms with Gasteiger partial charge in [0.05, 0.1) is 11.3 Å². The zero-order chi connectivity index (χ0) is 10.6. The molecule has 0 atom stereocenters. The van der Waals surface area contributed by atoms with Gasteiger partial charge in [-0.15, -0.1) is 11.3 Å². The lowest BCUT2D eigenvalue weighted by Crippen LogP contribution is -2.11. The average molecular weight is 212 g/mol. The first kappa shape index (κ1) is 10.6. The predicted octanol–water partition coefficient (Wildman–Crippen LogP) is 1.36. The van der Waals surface area contributed by atoms with E-state index in [0.717, 1.165) is 0 Å². The summed E-state index contributed by atoms with van der Waals surface area (Å²) in [6.45, 7) is 0. The van der Waals surface area contributed by atoms with E-state index < -0.39 is 18.2 Å². The number of carboxylic acid groups (broad SMARTS) is 1. The third kappa shape index (κ3) is 3.10. The van der Waals surface area contributed by atoms with Crippen molar-refractivity contribution in [2.45, 2.75) is 12.8 Å². The standard InChI is InChI=1S/C9H8O4S/c10-6(5-9(12)13)4-7(11)8-2-1-3-14-8/h1-3H,4-5H2,(H,12,13). The number of hydrogen-bond acceptors (Lipinski definition) is 4. The second-order valence-electron chi connectivity index (χ2n) is 2.69. The van der Waals surface area contributed by atoms with Crippen LogP contribution in [0.15, 0.2) is 17.5 Å². The molecule has 1 N–H and O–H groups in total. The first-order valence-corrected chi connectivity index (χ1v) is 4.78. The second-order valence-corrected chi connectivity index (χ2v) is 3.63. The summed E-state index contributed by atoms with van der Waals surface area (Å²) in [7, 11) is 0. The van der Waals surface area contributed by atoms with Crippen molar-refractivity contribution in [3.63, 3.8) is 0 Å². The fourth-order valence-corrected chi connectivity index (χ4v) is 1.60. The van der Waals surface area contributed by atoms with E-state index in [0.29, 0.717) is 4.88 Å². The van der Waals surface area contributed by atoms with Crippen molar-refractivity contribution < 1.29 is 19.5 Å². The highest BCUT2D eigenvalue weighted by Gasteiger charge is 2.14. The highest BCUT2D eigenvalue weighted by atomic mass is 32.1. The Bertz CT molecular complexity index is 353. The van der Waals surface area contributed by atoms with Crippen LogP contribution in [-0.2, 0) is 9.59 Å². The van der Waals surface area contributed by atoms with Gasteiger partial charge in [-0.3, -0.25) is 14.4 Å². The van der Waals surface area contributed by atoms with Crippen molar-refractivity contribution in [1.82, 2.24) is 0 Å². The van der Waals surface area contributed by atoms with E-state index in [4.69, 9.17) is 5.11 Å². The van der Waals surface area contributed by atoms with Crippen molar-refractivity contribution in [3.8, 4) is 0 Å². The van der Waals surface area contributed by atoms with E-state index in [1.807, 2.05) is 0 Å². The van der Waals surface area contributed by atoms with Crippen LogP contribution < -0.4 is 0 Å². The number of thiophene rings is 1. The van der Waals surface area contributed by atoms with Crippen molar-refractivity contribution in [1.29, 1.82) is 0 Å². The number of carbonyl (C=O) groups is 3. The van der Waals surface area contributed by atoms with Gasteiger partial charge >= 0.3 is 5.97 Å². The molecule has 0 fully saturated rings. The molecule has 0 saturated carbocycles. The van der Waals surface area contributed by atoms with Crippen molar-refractivity contribution in [2.75, 3.05) is 0 Å². The topological polar surface area (TPSA) is 71.4 Å². The molecular formula is C9H8O4S. The molecule has 0 radical (unpaired) electrons. The van der Waals surface area contributed by atoms with Crippen LogP contribution in [0.25, 0.3) is 0 Å². The Morgan fingerprint density at radius 2 is 2.00 bits per heavy atom. The monoisotopic (exact) mass is 212 g/mol. The molecular weight excluding hydrogens is 204 g/mol. The largest absolute Gasteiger partial charge is 0.481 e. The Morgan fingerprint density at radius 3 is 2.50 bits per heavy atom. The molecule has 0 bridgehead atoms. The summed E-state index contributed by atoms with van der Waals surface area (Å²) < 4.78 is 0. The maximum Gasteiger partial charge on any atom is 0.310 e. The van der Waals surface area contributed by atoms with Crippen molar-refractivity contribution >= 4 is 28.9 Å². The fourth-order valence-electron chi connectivity index (χ4n) is 0.935. The van der Waals surface area contributed by atoms with Gasteiger partial charge < -0.3 is 5.11 Å². The van der Waals surface area contributed by atoms with Crippen LogP contribution in [0, 0.1) is 0 Å². The molecule has 4 nitrogen and oxygen atoms in total. The number of Topliss-reactive ketones (excluding diaryl/α,β-unsaturated/α-hetero) is 2. The number of carbonyl (C=O) groups excluding carboxylic acids is 2. The lowest BCUT2D eigenvalue weighted by molar-refractivity contribution is -0.139. The molecule has 1 heterocycles. The number of carboxylic acids is 1. The molecule has 1 rings (SSSR count). The van der Waals surface area contributed by atoms with Crippen LogP contribution in [0.2, 0.25) is 0 Å². The zero-order valence-electron chi connectivity index (χ0n) is 7.23. The minimum atomic E-state index is -1.20. The maximum absolute atomic E-state index is 11.3. The second kappa shape index (κ2) is 4.66. The predicted molar refractivity (Wildman–Crippen MR) is 50.5 cm³/mol. The van der Waals surface area contributed by atoms with Crippen LogP contribution in [-0.4, -0.2) is 22.6 Å². The summed E-state index contributed by atoms with van der Waals surface area (Å²) in [6.07, 6.45) is -0.913. The fraction of sp³-hybridized carbons (Fsp3) is 0.222. The summed E-state index contributed by atoms with van der Waals surface area (Å²) in [5.74, 6) is -2.07. The van der Waals surface area contributed by atoms with Gasteiger partial charge in [-0.25, -0.2) is 0 Å². The molecule has 0 aliphatic heterocycles. The first-order chi connectivity index (χ1) is 6.59. The van der Waals surface area contributed by atoms with Crippen LogP contribution >= 0.6 is 11.3 Å². The van der Waals surface area contributed by atoms with Crippen LogP contribution in [0.3, 0.4) is 0 Å². The molecule has 1 aromatic rings. The Kier molecular flexibility index (Phi) is 3.53. The molecule has 5 heteroatoms. The van der Waals surface area contributed by atoms with E-state index in [1.54, 1.807) is 17.5 Å². The summed E-state index contributed by atoms with van der Waals surface area (Å²) in [4.78, 5) is 32.9. The summed E-state index contributed by atoms with van der Waals surface area (Å²) >= 11 is 1.24. The smallest absolute Gasteiger partial charge is 0.310 e. The van der Waals surface area contributed by atoms with Crippen LogP contribution in [0.5, 0.6) is 0 Å². The Morgan fingerprint density at radius 1 is 1.29 bits per heavy atom.